The molecule has 2 aromatic rings. The highest BCUT2D eigenvalue weighted by Crippen LogP contribution is 2.41. The second-order valence-electron chi connectivity index (χ2n) is 4.73. The minimum Gasteiger partial charge on any atom is -0.309 e. The molecular weight excluding hydrogens is 354 g/mol. The molecule has 0 amide bonds. The molecule has 0 fully saturated rings. The van der Waals surface area contributed by atoms with E-state index in [2.05, 4.69) is 71.5 Å². The van der Waals surface area contributed by atoms with E-state index >= 15 is 0 Å². The van der Waals surface area contributed by atoms with Crippen LogP contribution in [0.4, 0.5) is 0 Å². The summed E-state index contributed by atoms with van der Waals surface area (Å²) in [6, 6.07) is 13.2. The topological polar surface area (TPSA) is 12.0 Å². The van der Waals surface area contributed by atoms with Gasteiger partial charge in [0.1, 0.15) is 4.34 Å². The summed E-state index contributed by atoms with van der Waals surface area (Å²) in [6.07, 6.45) is 1.09. The number of benzene rings is 1. The van der Waals surface area contributed by atoms with Gasteiger partial charge in [0.15, 0.2) is 0 Å². The van der Waals surface area contributed by atoms with Crippen molar-refractivity contribution in [2.45, 2.75) is 32.2 Å². The van der Waals surface area contributed by atoms with Gasteiger partial charge in [0, 0.05) is 21.3 Å². The maximum atomic E-state index is 6.21. The lowest BCUT2D eigenvalue weighted by Gasteiger charge is -2.26. The van der Waals surface area contributed by atoms with E-state index in [9.17, 15) is 0 Å². The Balaban J connectivity index is 2.35. The highest BCUT2D eigenvalue weighted by atomic mass is 79.9. The Labute approximate surface area is 138 Å². The number of nitrogens with one attached hydrogen (secondary N) is 1. The van der Waals surface area contributed by atoms with E-state index in [1.807, 2.05) is 0 Å². The van der Waals surface area contributed by atoms with Crippen molar-refractivity contribution >= 4 is 38.9 Å². The Morgan fingerprint density at radius 2 is 1.95 bits per heavy atom. The molecule has 1 aromatic heterocycles. The molecule has 4 heteroatoms. The van der Waals surface area contributed by atoms with Gasteiger partial charge in [-0.15, -0.1) is 11.3 Å². The van der Waals surface area contributed by atoms with Gasteiger partial charge in [-0.05, 0) is 40.5 Å². The molecule has 2 atom stereocenters. The zero-order chi connectivity index (χ0) is 14.5. The first-order valence-electron chi connectivity index (χ1n) is 6.90. The maximum absolute atomic E-state index is 6.21. The molecule has 0 bridgehead atoms. The van der Waals surface area contributed by atoms with Gasteiger partial charge in [-0.3, -0.25) is 0 Å². The van der Waals surface area contributed by atoms with E-state index in [0.29, 0.717) is 12.0 Å². The minimum atomic E-state index is 0.307. The van der Waals surface area contributed by atoms with Gasteiger partial charge in [-0.2, -0.15) is 0 Å². The molecule has 1 nitrogen and oxygen atoms in total. The third-order valence-corrected chi connectivity index (χ3v) is 6.02. The van der Waals surface area contributed by atoms with Crippen molar-refractivity contribution in [3.8, 4) is 0 Å². The molecule has 0 saturated carbocycles. The van der Waals surface area contributed by atoms with Crippen LogP contribution in [-0.4, -0.2) is 6.54 Å². The molecule has 1 N–H and O–H groups in total. The van der Waals surface area contributed by atoms with E-state index in [0.717, 1.165) is 21.8 Å². The molecule has 0 radical (unpaired) electrons. The molecule has 1 heterocycles. The van der Waals surface area contributed by atoms with Gasteiger partial charge in [0.05, 0.1) is 0 Å². The largest absolute Gasteiger partial charge is 0.309 e. The Hall–Kier alpha value is -0.350. The Morgan fingerprint density at radius 3 is 2.45 bits per heavy atom. The summed E-state index contributed by atoms with van der Waals surface area (Å²) in [7, 11) is 0. The van der Waals surface area contributed by atoms with Crippen molar-refractivity contribution in [1.82, 2.24) is 5.32 Å². The zero-order valence-corrected chi connectivity index (χ0v) is 14.9. The molecule has 2 rings (SSSR count). The molecule has 108 valence electrons. The third-order valence-electron chi connectivity index (χ3n) is 3.46. The van der Waals surface area contributed by atoms with E-state index in [4.69, 9.17) is 11.6 Å². The molecule has 0 spiro atoms. The van der Waals surface area contributed by atoms with E-state index in [1.54, 1.807) is 11.3 Å². The molecule has 20 heavy (non-hydrogen) atoms. The van der Waals surface area contributed by atoms with Crippen LogP contribution in [0, 0.1) is 0 Å². The molecule has 0 aliphatic heterocycles. The molecule has 2 unspecified atom stereocenters. The van der Waals surface area contributed by atoms with Gasteiger partial charge in [-0.25, -0.2) is 0 Å². The maximum Gasteiger partial charge on any atom is 0.107 e. The summed E-state index contributed by atoms with van der Waals surface area (Å²) in [5.41, 5.74) is 1.38. The van der Waals surface area contributed by atoms with Crippen molar-refractivity contribution in [1.29, 1.82) is 0 Å². The summed E-state index contributed by atoms with van der Waals surface area (Å²) in [5, 5.41) is 3.62. The Morgan fingerprint density at radius 1 is 1.25 bits per heavy atom. The van der Waals surface area contributed by atoms with Crippen LogP contribution in [0.25, 0.3) is 0 Å². The fourth-order valence-electron chi connectivity index (χ4n) is 2.54. The SMILES string of the molecule is CCNC(c1cc(Br)c(Cl)s1)C(CC)c1ccccc1. The number of rotatable bonds is 6. The number of halogens is 2. The van der Waals surface area contributed by atoms with Gasteiger partial charge in [-0.1, -0.05) is 55.8 Å². The first-order valence-corrected chi connectivity index (χ1v) is 8.89. The lowest BCUT2D eigenvalue weighted by molar-refractivity contribution is 0.451. The van der Waals surface area contributed by atoms with Crippen molar-refractivity contribution in [3.05, 3.63) is 55.6 Å². The molecule has 0 aliphatic rings. The number of likely N-dealkylation sites (N-methyl/N-ethyl adjacent to an activating group) is 1. The Kier molecular flexibility index (Phi) is 6.09. The van der Waals surface area contributed by atoms with Crippen LogP contribution in [0.5, 0.6) is 0 Å². The monoisotopic (exact) mass is 371 g/mol. The van der Waals surface area contributed by atoms with Crippen molar-refractivity contribution < 1.29 is 0 Å². The summed E-state index contributed by atoms with van der Waals surface area (Å²) in [6.45, 7) is 5.34. The second kappa shape index (κ2) is 7.60. The fourth-order valence-corrected chi connectivity index (χ4v) is 4.42. The predicted octanol–water partition coefficient (Wildman–Crippen LogP) is 6.01. The zero-order valence-electron chi connectivity index (χ0n) is 11.7. The Bertz CT molecular complexity index is 521. The summed E-state index contributed by atoms with van der Waals surface area (Å²) in [5.74, 6) is 0.456. The van der Waals surface area contributed by atoms with Gasteiger partial charge in [0.25, 0.3) is 0 Å². The molecule has 1 aromatic carbocycles. The summed E-state index contributed by atoms with van der Waals surface area (Å²) in [4.78, 5) is 1.29. The summed E-state index contributed by atoms with van der Waals surface area (Å²) >= 11 is 11.4. The van der Waals surface area contributed by atoms with Gasteiger partial charge < -0.3 is 5.32 Å². The van der Waals surface area contributed by atoms with Crippen LogP contribution in [0.1, 0.15) is 42.7 Å². The lowest BCUT2D eigenvalue weighted by atomic mass is 9.88. The van der Waals surface area contributed by atoms with Crippen LogP contribution in [0.3, 0.4) is 0 Å². The van der Waals surface area contributed by atoms with E-state index in [1.165, 1.54) is 10.4 Å². The average molecular weight is 373 g/mol. The van der Waals surface area contributed by atoms with Crippen LogP contribution in [0.15, 0.2) is 40.9 Å². The average Bonchev–Trinajstić information content (AvgIpc) is 2.79. The quantitative estimate of drug-likeness (QED) is 0.655. The fraction of sp³-hybridized carbons (Fsp3) is 0.375. The summed E-state index contributed by atoms with van der Waals surface area (Å²) < 4.78 is 1.82. The number of hydrogen-bond donors (Lipinski definition) is 1. The third kappa shape index (κ3) is 3.64. The van der Waals surface area contributed by atoms with Crippen LogP contribution < -0.4 is 5.32 Å². The standard InChI is InChI=1S/C16H19BrClNS/c1-3-12(11-8-6-5-7-9-11)15(19-4-2)14-10-13(17)16(18)20-14/h5-10,12,15,19H,3-4H2,1-2H3. The van der Waals surface area contributed by atoms with Gasteiger partial charge >= 0.3 is 0 Å². The first-order chi connectivity index (χ1) is 9.67. The molecule has 0 saturated heterocycles. The van der Waals surface area contributed by atoms with Crippen molar-refractivity contribution in [2.75, 3.05) is 6.54 Å². The van der Waals surface area contributed by atoms with Gasteiger partial charge in [0.2, 0.25) is 0 Å². The van der Waals surface area contributed by atoms with E-state index < -0.39 is 0 Å². The minimum absolute atomic E-state index is 0.307. The smallest absolute Gasteiger partial charge is 0.107 e. The lowest BCUT2D eigenvalue weighted by Crippen LogP contribution is -2.26. The van der Waals surface area contributed by atoms with E-state index in [-0.39, 0.29) is 0 Å². The van der Waals surface area contributed by atoms with Crippen molar-refractivity contribution in [3.63, 3.8) is 0 Å². The van der Waals surface area contributed by atoms with Crippen LogP contribution in [-0.2, 0) is 0 Å². The normalized spacial score (nSPS) is 14.2. The number of hydrogen-bond acceptors (Lipinski definition) is 2. The highest BCUT2D eigenvalue weighted by molar-refractivity contribution is 9.10. The molecular formula is C16H19BrClNS. The van der Waals surface area contributed by atoms with Crippen molar-refractivity contribution in [2.24, 2.45) is 0 Å². The second-order valence-corrected chi connectivity index (χ2v) is 7.27. The first kappa shape index (κ1) is 16.0. The van der Waals surface area contributed by atoms with Crippen LogP contribution >= 0.6 is 38.9 Å². The highest BCUT2D eigenvalue weighted by Gasteiger charge is 2.24. The predicted molar refractivity (Wildman–Crippen MR) is 92.9 cm³/mol. The van der Waals surface area contributed by atoms with Crippen LogP contribution in [0.2, 0.25) is 4.34 Å². The molecule has 0 aliphatic carbocycles. The number of thiophene rings is 1.